The van der Waals surface area contributed by atoms with Crippen molar-refractivity contribution in [2.75, 3.05) is 38.2 Å². The van der Waals surface area contributed by atoms with Crippen LogP contribution in [0.3, 0.4) is 0 Å². The Morgan fingerprint density at radius 3 is 2.53 bits per heavy atom. The fraction of sp³-hybridized carbons (Fsp3) is 0.292. The molecular formula is C24H24N4O4. The van der Waals surface area contributed by atoms with E-state index in [9.17, 15) is 14.4 Å². The van der Waals surface area contributed by atoms with Gasteiger partial charge in [-0.2, -0.15) is 0 Å². The summed E-state index contributed by atoms with van der Waals surface area (Å²) in [6.45, 7) is 4.91. The quantitative estimate of drug-likeness (QED) is 0.592. The van der Waals surface area contributed by atoms with Crippen molar-refractivity contribution in [2.24, 2.45) is 0 Å². The predicted molar refractivity (Wildman–Crippen MR) is 120 cm³/mol. The number of aromatic amines is 1. The molecule has 8 heteroatoms. The van der Waals surface area contributed by atoms with Crippen LogP contribution in [0, 0.1) is 0 Å². The minimum Gasteiger partial charge on any atom is -0.378 e. The molecule has 1 fully saturated rings. The highest BCUT2D eigenvalue weighted by molar-refractivity contribution is 6.08. The van der Waals surface area contributed by atoms with E-state index >= 15 is 0 Å². The van der Waals surface area contributed by atoms with E-state index in [0.717, 1.165) is 16.5 Å². The first-order chi connectivity index (χ1) is 15.5. The van der Waals surface area contributed by atoms with Crippen molar-refractivity contribution in [2.45, 2.75) is 12.8 Å². The van der Waals surface area contributed by atoms with Crippen LogP contribution < -0.4 is 10.6 Å². The lowest BCUT2D eigenvalue weighted by atomic mass is 9.93. The van der Waals surface area contributed by atoms with E-state index in [-0.39, 0.29) is 23.6 Å². The van der Waals surface area contributed by atoms with Gasteiger partial charge in [-0.05, 0) is 48.0 Å². The molecule has 3 heterocycles. The molecule has 0 aliphatic carbocycles. The van der Waals surface area contributed by atoms with Gasteiger partial charge in [-0.1, -0.05) is 6.92 Å². The molecule has 1 atom stereocenters. The second kappa shape index (κ2) is 8.12. The van der Waals surface area contributed by atoms with Gasteiger partial charge >= 0.3 is 0 Å². The minimum absolute atomic E-state index is 0.0352. The number of benzene rings is 2. The molecular weight excluding hydrogens is 408 g/mol. The van der Waals surface area contributed by atoms with Crippen molar-refractivity contribution in [3.8, 4) is 0 Å². The van der Waals surface area contributed by atoms with Crippen LogP contribution in [-0.4, -0.2) is 60.5 Å². The van der Waals surface area contributed by atoms with E-state index in [1.165, 1.54) is 0 Å². The summed E-state index contributed by atoms with van der Waals surface area (Å²) in [5.74, 6) is -0.243. The minimum atomic E-state index is -0.248. The number of nitrogens with one attached hydrogen (secondary N) is 3. The number of rotatable bonds is 3. The van der Waals surface area contributed by atoms with Crippen molar-refractivity contribution in [1.82, 2.24) is 15.2 Å². The van der Waals surface area contributed by atoms with Gasteiger partial charge in [-0.25, -0.2) is 0 Å². The van der Waals surface area contributed by atoms with Crippen molar-refractivity contribution in [1.29, 1.82) is 0 Å². The fourth-order valence-electron chi connectivity index (χ4n) is 4.33. The van der Waals surface area contributed by atoms with E-state index in [1.54, 1.807) is 35.2 Å². The molecule has 3 aromatic rings. The highest BCUT2D eigenvalue weighted by Gasteiger charge is 2.27. The third-order valence-corrected chi connectivity index (χ3v) is 6.08. The van der Waals surface area contributed by atoms with Crippen molar-refractivity contribution in [3.63, 3.8) is 0 Å². The lowest BCUT2D eigenvalue weighted by molar-refractivity contribution is 0.0303. The highest BCUT2D eigenvalue weighted by Crippen LogP contribution is 2.32. The zero-order chi connectivity index (χ0) is 22.2. The topological polar surface area (TPSA) is 104 Å². The van der Waals surface area contributed by atoms with Crippen LogP contribution >= 0.6 is 0 Å². The lowest BCUT2D eigenvalue weighted by Crippen LogP contribution is -2.40. The molecule has 2 aliphatic heterocycles. The molecule has 2 aliphatic rings. The third kappa shape index (κ3) is 3.62. The predicted octanol–water partition coefficient (Wildman–Crippen LogP) is 2.74. The molecule has 0 radical (unpaired) electrons. The molecule has 3 N–H and O–H groups in total. The van der Waals surface area contributed by atoms with Gasteiger partial charge < -0.3 is 25.3 Å². The fourth-order valence-corrected chi connectivity index (χ4v) is 4.33. The van der Waals surface area contributed by atoms with Crippen LogP contribution in [-0.2, 0) is 4.74 Å². The number of anilines is 1. The van der Waals surface area contributed by atoms with Crippen molar-refractivity contribution < 1.29 is 19.1 Å². The maximum atomic E-state index is 12.9. The number of ether oxygens (including phenoxy) is 1. The maximum Gasteiger partial charge on any atom is 0.268 e. The van der Waals surface area contributed by atoms with Crippen LogP contribution in [0.25, 0.3) is 10.9 Å². The Bertz CT molecular complexity index is 1210. The number of carbonyl (C=O) groups is 3. The smallest absolute Gasteiger partial charge is 0.268 e. The summed E-state index contributed by atoms with van der Waals surface area (Å²) < 4.78 is 5.29. The Morgan fingerprint density at radius 2 is 1.78 bits per heavy atom. The molecule has 1 unspecified atom stereocenters. The molecule has 0 saturated carbocycles. The van der Waals surface area contributed by atoms with Crippen LogP contribution in [0.1, 0.15) is 49.6 Å². The van der Waals surface area contributed by atoms with Gasteiger partial charge in [0.05, 0.1) is 13.2 Å². The number of fused-ring (bicyclic) bond motifs is 3. The van der Waals surface area contributed by atoms with E-state index in [1.807, 2.05) is 12.1 Å². The monoisotopic (exact) mass is 432 g/mol. The first-order valence-electron chi connectivity index (χ1n) is 10.7. The van der Waals surface area contributed by atoms with Crippen LogP contribution in [0.5, 0.6) is 0 Å². The largest absolute Gasteiger partial charge is 0.378 e. The van der Waals surface area contributed by atoms with E-state index in [0.29, 0.717) is 55.4 Å². The zero-order valence-electron chi connectivity index (χ0n) is 17.7. The summed E-state index contributed by atoms with van der Waals surface area (Å²) in [7, 11) is 0. The Hall–Kier alpha value is -3.65. The number of H-pyrrole nitrogens is 1. The molecule has 1 saturated heterocycles. The van der Waals surface area contributed by atoms with E-state index < -0.39 is 0 Å². The van der Waals surface area contributed by atoms with Crippen molar-refractivity contribution >= 4 is 34.3 Å². The maximum absolute atomic E-state index is 12.9. The SMILES string of the molecule is CC1CNC(=O)c2[nH]c3ccc(C(=O)Nc4ccc(C(=O)N5CCOCC5)cc4)cc3c21. The summed E-state index contributed by atoms with van der Waals surface area (Å²) in [5.41, 5.74) is 4.04. The Labute approximate surface area is 184 Å². The first kappa shape index (κ1) is 20.3. The second-order valence-corrected chi connectivity index (χ2v) is 8.22. The van der Waals surface area contributed by atoms with Crippen LogP contribution in [0.2, 0.25) is 0 Å². The summed E-state index contributed by atoms with van der Waals surface area (Å²) in [4.78, 5) is 42.6. The number of amides is 3. The molecule has 1 aromatic heterocycles. The third-order valence-electron chi connectivity index (χ3n) is 6.08. The normalized spacial score (nSPS) is 18.2. The molecule has 0 spiro atoms. The molecule has 8 nitrogen and oxygen atoms in total. The van der Waals surface area contributed by atoms with E-state index in [2.05, 4.69) is 22.5 Å². The summed E-state index contributed by atoms with van der Waals surface area (Å²) in [5, 5.41) is 6.65. The Morgan fingerprint density at radius 1 is 1.06 bits per heavy atom. The Kier molecular flexibility index (Phi) is 5.14. The summed E-state index contributed by atoms with van der Waals surface area (Å²) >= 11 is 0. The summed E-state index contributed by atoms with van der Waals surface area (Å²) in [6.07, 6.45) is 0. The Balaban J connectivity index is 1.34. The molecule has 5 rings (SSSR count). The van der Waals surface area contributed by atoms with Gasteiger partial charge in [-0.15, -0.1) is 0 Å². The summed E-state index contributed by atoms with van der Waals surface area (Å²) in [6, 6.07) is 12.3. The number of hydrogen-bond acceptors (Lipinski definition) is 4. The number of hydrogen-bond donors (Lipinski definition) is 3. The number of morpholine rings is 1. The average molecular weight is 432 g/mol. The lowest BCUT2D eigenvalue weighted by Gasteiger charge is -2.26. The van der Waals surface area contributed by atoms with Gasteiger partial charge in [0.15, 0.2) is 0 Å². The van der Waals surface area contributed by atoms with Gasteiger partial charge in [0.1, 0.15) is 5.69 Å². The molecule has 164 valence electrons. The molecule has 2 aromatic carbocycles. The zero-order valence-corrected chi connectivity index (χ0v) is 17.7. The molecule has 32 heavy (non-hydrogen) atoms. The van der Waals surface area contributed by atoms with Gasteiger partial charge in [-0.3, -0.25) is 14.4 Å². The number of nitrogens with zero attached hydrogens (tertiary/aromatic N) is 1. The molecule has 3 amide bonds. The number of carbonyl (C=O) groups excluding carboxylic acids is 3. The van der Waals surface area contributed by atoms with Crippen LogP contribution in [0.4, 0.5) is 5.69 Å². The highest BCUT2D eigenvalue weighted by atomic mass is 16.5. The average Bonchev–Trinajstić information content (AvgIpc) is 3.22. The van der Waals surface area contributed by atoms with Gasteiger partial charge in [0.2, 0.25) is 0 Å². The second-order valence-electron chi connectivity index (χ2n) is 8.22. The van der Waals surface area contributed by atoms with E-state index in [4.69, 9.17) is 4.74 Å². The first-order valence-corrected chi connectivity index (χ1v) is 10.7. The van der Waals surface area contributed by atoms with Crippen molar-refractivity contribution in [3.05, 3.63) is 64.8 Å². The van der Waals surface area contributed by atoms with Crippen LogP contribution in [0.15, 0.2) is 42.5 Å². The van der Waals surface area contributed by atoms with Gasteiger partial charge in [0.25, 0.3) is 17.7 Å². The standard InChI is InChI=1S/C24H24N4O4/c1-14-13-25-23(30)21-20(14)18-12-16(4-7-19(18)27-21)22(29)26-17-5-2-15(3-6-17)24(31)28-8-10-32-11-9-28/h2-7,12,14,27H,8-11,13H2,1H3,(H,25,30)(H,26,29). The molecule has 0 bridgehead atoms. The van der Waals surface area contributed by atoms with Gasteiger partial charge in [0, 0.05) is 53.3 Å². The number of aromatic nitrogens is 1.